The lowest BCUT2D eigenvalue weighted by Gasteiger charge is -2.34. The van der Waals surface area contributed by atoms with Crippen molar-refractivity contribution in [2.75, 3.05) is 24.5 Å². The average molecular weight is 315 g/mol. The van der Waals surface area contributed by atoms with Gasteiger partial charge in [0.25, 0.3) is 5.91 Å². The Balaban J connectivity index is 1.74. The molecule has 0 spiro atoms. The summed E-state index contributed by atoms with van der Waals surface area (Å²) >= 11 is 6.06. The number of carbonyl (C=O) groups is 2. The van der Waals surface area contributed by atoms with Gasteiger partial charge in [-0.2, -0.15) is 0 Å². The average Bonchev–Trinajstić information content (AvgIpc) is 2.55. The lowest BCUT2D eigenvalue weighted by molar-refractivity contribution is -0.120. The van der Waals surface area contributed by atoms with Crippen molar-refractivity contribution >= 4 is 29.1 Å². The number of hydrogen-bond donors (Lipinski definition) is 0. The van der Waals surface area contributed by atoms with Gasteiger partial charge in [-0.25, -0.2) is 0 Å². The number of nitrogens with zero attached hydrogens (tertiary/aromatic N) is 2. The second kappa shape index (κ2) is 6.20. The predicted molar refractivity (Wildman–Crippen MR) is 86.2 cm³/mol. The summed E-state index contributed by atoms with van der Waals surface area (Å²) in [5.74, 6) is -0.287. The Morgan fingerprint density at radius 1 is 0.955 bits per heavy atom. The summed E-state index contributed by atoms with van der Waals surface area (Å²) in [4.78, 5) is 28.1. The van der Waals surface area contributed by atoms with E-state index in [4.69, 9.17) is 11.6 Å². The Morgan fingerprint density at radius 3 is 2.32 bits per heavy atom. The fourth-order valence-corrected chi connectivity index (χ4v) is 2.75. The summed E-state index contributed by atoms with van der Waals surface area (Å²) in [6.45, 7) is 1.04. The molecule has 4 nitrogen and oxygen atoms in total. The molecule has 0 unspecified atom stereocenters. The Labute approximate surface area is 133 Å². The number of benzene rings is 2. The molecule has 1 aliphatic rings. The summed E-state index contributed by atoms with van der Waals surface area (Å²) in [7, 11) is 0. The number of halogens is 1. The van der Waals surface area contributed by atoms with Gasteiger partial charge >= 0.3 is 0 Å². The Bertz CT molecular complexity index is 703. The molecule has 0 radical (unpaired) electrons. The lowest BCUT2D eigenvalue weighted by atomic mass is 10.1. The van der Waals surface area contributed by atoms with Crippen LogP contribution in [-0.4, -0.2) is 36.3 Å². The fourth-order valence-electron chi connectivity index (χ4n) is 2.53. The van der Waals surface area contributed by atoms with Crippen LogP contribution in [0.4, 0.5) is 5.69 Å². The molecule has 1 saturated heterocycles. The van der Waals surface area contributed by atoms with Crippen LogP contribution in [-0.2, 0) is 4.79 Å². The van der Waals surface area contributed by atoms with Crippen molar-refractivity contribution in [1.29, 1.82) is 0 Å². The second-order valence-corrected chi connectivity index (χ2v) is 5.49. The molecule has 0 aromatic heterocycles. The first-order valence-electron chi connectivity index (χ1n) is 7.06. The topological polar surface area (TPSA) is 40.6 Å². The van der Waals surface area contributed by atoms with Gasteiger partial charge in [0.1, 0.15) is 6.54 Å². The van der Waals surface area contributed by atoms with Crippen molar-refractivity contribution in [3.63, 3.8) is 0 Å². The minimum absolute atomic E-state index is 0.0684. The zero-order valence-corrected chi connectivity index (χ0v) is 12.7. The van der Waals surface area contributed by atoms with Crippen LogP contribution in [0.3, 0.4) is 0 Å². The van der Waals surface area contributed by atoms with Gasteiger partial charge in [0.2, 0.25) is 5.91 Å². The zero-order chi connectivity index (χ0) is 15.5. The summed E-state index contributed by atoms with van der Waals surface area (Å²) in [6.07, 6.45) is 0. The Hall–Kier alpha value is -2.33. The van der Waals surface area contributed by atoms with Crippen LogP contribution < -0.4 is 4.90 Å². The number of hydrogen-bond acceptors (Lipinski definition) is 2. The smallest absolute Gasteiger partial charge is 0.255 e. The van der Waals surface area contributed by atoms with Crippen LogP contribution in [0.25, 0.3) is 0 Å². The van der Waals surface area contributed by atoms with E-state index in [1.165, 1.54) is 0 Å². The molecule has 0 aliphatic carbocycles. The molecule has 112 valence electrons. The van der Waals surface area contributed by atoms with Crippen LogP contribution in [0.1, 0.15) is 10.4 Å². The maximum absolute atomic E-state index is 12.5. The van der Waals surface area contributed by atoms with Crippen molar-refractivity contribution < 1.29 is 9.59 Å². The number of amides is 2. The minimum Gasteiger partial charge on any atom is -0.327 e. The number of rotatable bonds is 2. The standard InChI is InChI=1S/C17H15ClN2O2/c18-15-9-5-4-8-14(15)17(22)19-10-11-20(16(21)12-19)13-6-2-1-3-7-13/h1-9H,10-12H2. The molecule has 5 heteroatoms. The van der Waals surface area contributed by atoms with Gasteiger partial charge in [0.15, 0.2) is 0 Å². The summed E-state index contributed by atoms with van der Waals surface area (Å²) in [5.41, 5.74) is 1.29. The molecule has 3 rings (SSSR count). The first kappa shape index (κ1) is 14.6. The molecule has 0 N–H and O–H groups in total. The summed E-state index contributed by atoms with van der Waals surface area (Å²) < 4.78 is 0. The van der Waals surface area contributed by atoms with Gasteiger partial charge in [-0.3, -0.25) is 9.59 Å². The van der Waals surface area contributed by atoms with E-state index in [-0.39, 0.29) is 18.4 Å². The SMILES string of the molecule is O=C(c1ccccc1Cl)N1CCN(c2ccccc2)C(=O)C1. The number of anilines is 1. The molecule has 1 fully saturated rings. The largest absolute Gasteiger partial charge is 0.327 e. The molecule has 1 aliphatic heterocycles. The van der Waals surface area contributed by atoms with Crippen LogP contribution in [0.2, 0.25) is 5.02 Å². The third-order valence-corrected chi connectivity index (χ3v) is 4.01. The molecule has 1 heterocycles. The molecule has 2 amide bonds. The minimum atomic E-state index is -0.202. The van der Waals surface area contributed by atoms with E-state index in [1.54, 1.807) is 34.1 Å². The third-order valence-electron chi connectivity index (χ3n) is 3.68. The maximum atomic E-state index is 12.5. The number of piperazine rings is 1. The molecule has 0 saturated carbocycles. The number of carbonyl (C=O) groups excluding carboxylic acids is 2. The monoisotopic (exact) mass is 314 g/mol. The predicted octanol–water partition coefficient (Wildman–Crippen LogP) is 2.83. The third kappa shape index (κ3) is 2.83. The quantitative estimate of drug-likeness (QED) is 0.855. The van der Waals surface area contributed by atoms with E-state index in [2.05, 4.69) is 0 Å². The molecule has 22 heavy (non-hydrogen) atoms. The van der Waals surface area contributed by atoms with Crippen molar-refractivity contribution in [1.82, 2.24) is 4.90 Å². The maximum Gasteiger partial charge on any atom is 0.255 e. The van der Waals surface area contributed by atoms with Crippen LogP contribution in [0, 0.1) is 0 Å². The van der Waals surface area contributed by atoms with Gasteiger partial charge in [-0.1, -0.05) is 41.9 Å². The molecular formula is C17H15ClN2O2. The Kier molecular flexibility index (Phi) is 4.11. The Morgan fingerprint density at radius 2 is 1.64 bits per heavy atom. The second-order valence-electron chi connectivity index (χ2n) is 5.09. The van der Waals surface area contributed by atoms with Gasteiger partial charge in [0, 0.05) is 18.8 Å². The van der Waals surface area contributed by atoms with Crippen molar-refractivity contribution in [2.45, 2.75) is 0 Å². The highest BCUT2D eigenvalue weighted by Crippen LogP contribution is 2.20. The van der Waals surface area contributed by atoms with E-state index in [9.17, 15) is 9.59 Å². The fraction of sp³-hybridized carbons (Fsp3) is 0.176. The summed E-state index contributed by atoms with van der Waals surface area (Å²) in [6, 6.07) is 16.4. The van der Waals surface area contributed by atoms with E-state index >= 15 is 0 Å². The first-order valence-corrected chi connectivity index (χ1v) is 7.44. The van der Waals surface area contributed by atoms with Crippen LogP contribution in [0.5, 0.6) is 0 Å². The van der Waals surface area contributed by atoms with E-state index in [1.807, 2.05) is 30.3 Å². The number of para-hydroxylation sites is 1. The highest BCUT2D eigenvalue weighted by Gasteiger charge is 2.29. The van der Waals surface area contributed by atoms with Crippen molar-refractivity contribution in [2.24, 2.45) is 0 Å². The van der Waals surface area contributed by atoms with E-state index in [0.717, 1.165) is 5.69 Å². The van der Waals surface area contributed by atoms with E-state index in [0.29, 0.717) is 23.7 Å². The molecule has 2 aromatic rings. The van der Waals surface area contributed by atoms with E-state index < -0.39 is 0 Å². The highest BCUT2D eigenvalue weighted by atomic mass is 35.5. The van der Waals surface area contributed by atoms with Gasteiger partial charge < -0.3 is 9.80 Å². The first-order chi connectivity index (χ1) is 10.7. The highest BCUT2D eigenvalue weighted by molar-refractivity contribution is 6.33. The molecule has 0 atom stereocenters. The molecular weight excluding hydrogens is 300 g/mol. The van der Waals surface area contributed by atoms with Gasteiger partial charge in [0.05, 0.1) is 10.6 Å². The van der Waals surface area contributed by atoms with Crippen molar-refractivity contribution in [3.8, 4) is 0 Å². The van der Waals surface area contributed by atoms with Crippen molar-refractivity contribution in [3.05, 3.63) is 65.2 Å². The van der Waals surface area contributed by atoms with Crippen LogP contribution in [0.15, 0.2) is 54.6 Å². The molecule has 0 bridgehead atoms. The lowest BCUT2D eigenvalue weighted by Crippen LogP contribution is -2.52. The normalized spacial score (nSPS) is 15.0. The van der Waals surface area contributed by atoms with Gasteiger partial charge in [-0.05, 0) is 24.3 Å². The summed E-state index contributed by atoms with van der Waals surface area (Å²) in [5, 5.41) is 0.408. The van der Waals surface area contributed by atoms with Gasteiger partial charge in [-0.15, -0.1) is 0 Å². The zero-order valence-electron chi connectivity index (χ0n) is 11.9. The molecule has 2 aromatic carbocycles. The van der Waals surface area contributed by atoms with Crippen LogP contribution >= 0.6 is 11.6 Å².